The topological polar surface area (TPSA) is 67.9 Å². The summed E-state index contributed by atoms with van der Waals surface area (Å²) < 4.78 is 10.9. The number of nitrogens with zero attached hydrogens (tertiary/aromatic N) is 1. The van der Waals surface area contributed by atoms with Gasteiger partial charge in [0.1, 0.15) is 5.60 Å². The Labute approximate surface area is 143 Å². The van der Waals surface area contributed by atoms with Crippen LogP contribution in [0.1, 0.15) is 45.0 Å². The molecule has 1 saturated heterocycles. The zero-order valence-corrected chi connectivity index (χ0v) is 15.0. The lowest BCUT2D eigenvalue weighted by Gasteiger charge is -2.35. The second-order valence-electron chi connectivity index (χ2n) is 7.18. The number of hydrogen-bond donors (Lipinski definition) is 1. The van der Waals surface area contributed by atoms with Crippen LogP contribution in [0.4, 0.5) is 10.5 Å². The first-order valence-electron chi connectivity index (χ1n) is 8.19. The zero-order valence-electron chi connectivity index (χ0n) is 15.0. The molecule has 0 aliphatic carbocycles. The van der Waals surface area contributed by atoms with Gasteiger partial charge in [0.05, 0.1) is 12.2 Å². The largest absolute Gasteiger partial charge is 0.444 e. The zero-order chi connectivity index (χ0) is 17.9. The van der Waals surface area contributed by atoms with Crippen LogP contribution in [0.25, 0.3) is 0 Å². The molecule has 1 aliphatic rings. The average molecular weight is 334 g/mol. The van der Waals surface area contributed by atoms with Crippen molar-refractivity contribution in [2.75, 3.05) is 18.4 Å². The Morgan fingerprint density at radius 2 is 1.83 bits per heavy atom. The molecule has 0 unspecified atom stereocenters. The van der Waals surface area contributed by atoms with Crippen molar-refractivity contribution in [3.05, 3.63) is 29.8 Å². The SMILES string of the molecule is C[C@H]1CN(C(=O)c2cccc(NC(=O)OC(C)(C)C)c2)C[C@H](C)O1. The molecule has 0 saturated carbocycles. The van der Waals surface area contributed by atoms with Crippen molar-refractivity contribution < 1.29 is 19.1 Å². The average Bonchev–Trinajstić information content (AvgIpc) is 2.43. The van der Waals surface area contributed by atoms with Gasteiger partial charge in [0.25, 0.3) is 5.91 Å². The molecule has 24 heavy (non-hydrogen) atoms. The lowest BCUT2D eigenvalue weighted by Crippen LogP contribution is -2.48. The molecule has 1 N–H and O–H groups in total. The minimum atomic E-state index is -0.572. The molecule has 2 amide bonds. The van der Waals surface area contributed by atoms with Crippen molar-refractivity contribution in [1.82, 2.24) is 4.90 Å². The smallest absolute Gasteiger partial charge is 0.412 e. The summed E-state index contributed by atoms with van der Waals surface area (Å²) in [5.41, 5.74) is 0.492. The Bertz CT molecular complexity index is 599. The fourth-order valence-corrected chi connectivity index (χ4v) is 2.68. The molecule has 1 aromatic rings. The number of hydrogen-bond acceptors (Lipinski definition) is 4. The van der Waals surface area contributed by atoms with Crippen LogP contribution in [0.5, 0.6) is 0 Å². The van der Waals surface area contributed by atoms with Gasteiger partial charge in [-0.15, -0.1) is 0 Å². The van der Waals surface area contributed by atoms with Crippen LogP contribution >= 0.6 is 0 Å². The molecule has 6 heteroatoms. The van der Waals surface area contributed by atoms with Gasteiger partial charge in [-0.25, -0.2) is 4.79 Å². The number of rotatable bonds is 2. The molecule has 1 heterocycles. The Morgan fingerprint density at radius 1 is 1.21 bits per heavy atom. The Hall–Kier alpha value is -2.08. The van der Waals surface area contributed by atoms with E-state index in [-0.39, 0.29) is 18.1 Å². The summed E-state index contributed by atoms with van der Waals surface area (Å²) >= 11 is 0. The predicted octanol–water partition coefficient (Wildman–Crippen LogP) is 3.28. The maximum atomic E-state index is 12.7. The first-order valence-corrected chi connectivity index (χ1v) is 8.19. The molecule has 2 atom stereocenters. The van der Waals surface area contributed by atoms with E-state index in [1.807, 2.05) is 13.8 Å². The molecule has 1 aliphatic heterocycles. The fraction of sp³-hybridized carbons (Fsp3) is 0.556. The maximum absolute atomic E-state index is 12.7. The molecule has 0 bridgehead atoms. The molecule has 1 fully saturated rings. The van der Waals surface area contributed by atoms with Gasteiger partial charge in [-0.2, -0.15) is 0 Å². The van der Waals surface area contributed by atoms with Gasteiger partial charge in [-0.3, -0.25) is 10.1 Å². The normalized spacial score (nSPS) is 21.3. The Balaban J connectivity index is 2.06. The molecule has 1 aromatic carbocycles. The molecular formula is C18H26N2O4. The summed E-state index contributed by atoms with van der Waals surface area (Å²) in [7, 11) is 0. The number of carbonyl (C=O) groups is 2. The van der Waals surface area contributed by atoms with Crippen molar-refractivity contribution in [2.45, 2.75) is 52.4 Å². The molecule has 6 nitrogen and oxygen atoms in total. The number of benzene rings is 1. The Kier molecular flexibility index (Phi) is 5.49. The number of nitrogens with one attached hydrogen (secondary N) is 1. The molecular weight excluding hydrogens is 308 g/mol. The van der Waals surface area contributed by atoms with E-state index in [1.54, 1.807) is 49.9 Å². The number of anilines is 1. The van der Waals surface area contributed by atoms with Crippen LogP contribution < -0.4 is 5.32 Å². The molecule has 132 valence electrons. The first kappa shape index (κ1) is 18.3. The second-order valence-corrected chi connectivity index (χ2v) is 7.18. The number of morpholine rings is 1. The third-order valence-electron chi connectivity index (χ3n) is 3.46. The van der Waals surface area contributed by atoms with E-state index in [4.69, 9.17) is 9.47 Å². The lowest BCUT2D eigenvalue weighted by atomic mass is 10.1. The van der Waals surface area contributed by atoms with Gasteiger partial charge in [0, 0.05) is 24.3 Å². The van der Waals surface area contributed by atoms with Gasteiger partial charge in [-0.05, 0) is 52.8 Å². The third kappa shape index (κ3) is 5.23. The van der Waals surface area contributed by atoms with Crippen LogP contribution in [-0.2, 0) is 9.47 Å². The summed E-state index contributed by atoms with van der Waals surface area (Å²) in [5.74, 6) is -0.0650. The number of amides is 2. The highest BCUT2D eigenvalue weighted by atomic mass is 16.6. The molecule has 0 spiro atoms. The van der Waals surface area contributed by atoms with E-state index in [9.17, 15) is 9.59 Å². The van der Waals surface area contributed by atoms with Gasteiger partial charge in [0.15, 0.2) is 0 Å². The maximum Gasteiger partial charge on any atom is 0.412 e. The number of ether oxygens (including phenoxy) is 2. The van der Waals surface area contributed by atoms with Crippen molar-refractivity contribution in [3.8, 4) is 0 Å². The van der Waals surface area contributed by atoms with Gasteiger partial charge < -0.3 is 14.4 Å². The fourth-order valence-electron chi connectivity index (χ4n) is 2.68. The van der Waals surface area contributed by atoms with E-state index >= 15 is 0 Å². The van der Waals surface area contributed by atoms with Gasteiger partial charge in [0.2, 0.25) is 0 Å². The van der Waals surface area contributed by atoms with E-state index in [2.05, 4.69) is 5.32 Å². The predicted molar refractivity (Wildman–Crippen MR) is 92.2 cm³/mol. The molecule has 2 rings (SSSR count). The molecule has 0 radical (unpaired) electrons. The summed E-state index contributed by atoms with van der Waals surface area (Å²) in [5, 5.41) is 2.66. The van der Waals surface area contributed by atoms with Crippen LogP contribution in [0, 0.1) is 0 Å². The summed E-state index contributed by atoms with van der Waals surface area (Å²) in [4.78, 5) is 26.3. The van der Waals surface area contributed by atoms with E-state index in [0.717, 1.165) is 0 Å². The summed E-state index contributed by atoms with van der Waals surface area (Å²) in [6, 6.07) is 6.88. The monoisotopic (exact) mass is 334 g/mol. The number of carbonyl (C=O) groups excluding carboxylic acids is 2. The third-order valence-corrected chi connectivity index (χ3v) is 3.46. The Morgan fingerprint density at radius 3 is 2.42 bits per heavy atom. The minimum Gasteiger partial charge on any atom is -0.444 e. The summed E-state index contributed by atoms with van der Waals surface area (Å²) in [6.45, 7) is 10.4. The van der Waals surface area contributed by atoms with Crippen LogP contribution in [0.3, 0.4) is 0 Å². The second kappa shape index (κ2) is 7.21. The summed E-state index contributed by atoms with van der Waals surface area (Å²) in [6.07, 6.45) is -0.512. The van der Waals surface area contributed by atoms with Gasteiger partial charge in [-0.1, -0.05) is 6.07 Å². The van der Waals surface area contributed by atoms with E-state index < -0.39 is 11.7 Å². The van der Waals surface area contributed by atoms with Crippen molar-refractivity contribution in [2.24, 2.45) is 0 Å². The highest BCUT2D eigenvalue weighted by Gasteiger charge is 2.26. The van der Waals surface area contributed by atoms with Crippen LogP contribution in [-0.4, -0.2) is 47.8 Å². The van der Waals surface area contributed by atoms with Crippen LogP contribution in [0.15, 0.2) is 24.3 Å². The van der Waals surface area contributed by atoms with E-state index in [0.29, 0.717) is 24.3 Å². The highest BCUT2D eigenvalue weighted by molar-refractivity contribution is 5.96. The highest BCUT2D eigenvalue weighted by Crippen LogP contribution is 2.18. The lowest BCUT2D eigenvalue weighted by molar-refractivity contribution is -0.0586. The standard InChI is InChI=1S/C18H26N2O4/c1-12-10-20(11-13(2)23-12)16(21)14-7-6-8-15(9-14)19-17(22)24-18(3,4)5/h6-9,12-13H,10-11H2,1-5H3,(H,19,22)/t12-,13-/m0/s1. The van der Waals surface area contributed by atoms with Crippen molar-refractivity contribution in [3.63, 3.8) is 0 Å². The first-order chi connectivity index (χ1) is 11.1. The minimum absolute atomic E-state index is 0.0146. The van der Waals surface area contributed by atoms with E-state index in [1.165, 1.54) is 0 Å². The van der Waals surface area contributed by atoms with Crippen molar-refractivity contribution >= 4 is 17.7 Å². The van der Waals surface area contributed by atoms with Crippen molar-refractivity contribution in [1.29, 1.82) is 0 Å². The quantitative estimate of drug-likeness (QED) is 0.901. The van der Waals surface area contributed by atoms with Gasteiger partial charge >= 0.3 is 6.09 Å². The van der Waals surface area contributed by atoms with Crippen LogP contribution in [0.2, 0.25) is 0 Å². The molecule has 0 aromatic heterocycles.